The van der Waals surface area contributed by atoms with Gasteiger partial charge in [0, 0.05) is 16.3 Å². The maximum atomic E-state index is 4.72. The molecular weight excluding hydrogens is 328 g/mol. The molecule has 4 aromatic rings. The Morgan fingerprint density at radius 3 is 2.33 bits per heavy atom. The van der Waals surface area contributed by atoms with Crippen molar-refractivity contribution in [2.45, 2.75) is 40.0 Å². The van der Waals surface area contributed by atoms with Crippen molar-refractivity contribution in [3.05, 3.63) is 72.1 Å². The van der Waals surface area contributed by atoms with Crippen LogP contribution in [0.25, 0.3) is 32.9 Å². The minimum Gasteiger partial charge on any atom is -0.236 e. The van der Waals surface area contributed by atoms with Gasteiger partial charge in [-0.1, -0.05) is 76.2 Å². The van der Waals surface area contributed by atoms with Crippen LogP contribution in [-0.2, 0) is 6.42 Å². The maximum Gasteiger partial charge on any atom is 0.116 e. The molecule has 0 bridgehead atoms. The number of nitrogens with zero attached hydrogens (tertiary/aromatic N) is 2. The number of rotatable bonds is 4. The fourth-order valence-corrected chi connectivity index (χ4v) is 3.95. The van der Waals surface area contributed by atoms with Crippen molar-refractivity contribution in [3.8, 4) is 11.3 Å². The zero-order chi connectivity index (χ0) is 19.0. The van der Waals surface area contributed by atoms with Crippen LogP contribution in [-0.4, -0.2) is 9.97 Å². The van der Waals surface area contributed by atoms with E-state index < -0.39 is 0 Å². The fourth-order valence-electron chi connectivity index (χ4n) is 3.95. The quantitative estimate of drug-likeness (QED) is 0.378. The van der Waals surface area contributed by atoms with Crippen LogP contribution in [0.5, 0.6) is 0 Å². The van der Waals surface area contributed by atoms with E-state index in [1.807, 2.05) is 6.07 Å². The molecule has 0 saturated carbocycles. The molecule has 0 unspecified atom stereocenters. The molecule has 0 amide bonds. The average molecular weight is 354 g/mol. The van der Waals surface area contributed by atoms with Gasteiger partial charge in [-0.05, 0) is 40.8 Å². The zero-order valence-electron chi connectivity index (χ0n) is 16.5. The highest BCUT2D eigenvalue weighted by molar-refractivity contribution is 6.10. The molecule has 1 aromatic heterocycles. The molecule has 0 N–H and O–H groups in total. The lowest BCUT2D eigenvalue weighted by Crippen LogP contribution is -1.99. The van der Waals surface area contributed by atoms with Crippen molar-refractivity contribution >= 4 is 21.7 Å². The van der Waals surface area contributed by atoms with E-state index in [1.165, 1.54) is 21.9 Å². The van der Waals surface area contributed by atoms with Crippen LogP contribution in [0.2, 0.25) is 0 Å². The summed E-state index contributed by atoms with van der Waals surface area (Å²) < 4.78 is 0. The third-order valence-corrected chi connectivity index (χ3v) is 5.12. The van der Waals surface area contributed by atoms with Gasteiger partial charge in [0.15, 0.2) is 0 Å². The van der Waals surface area contributed by atoms with E-state index in [2.05, 4.69) is 81.2 Å². The van der Waals surface area contributed by atoms with E-state index >= 15 is 0 Å². The minimum absolute atomic E-state index is 0.445. The van der Waals surface area contributed by atoms with E-state index in [1.54, 1.807) is 6.33 Å². The fraction of sp³-hybridized carbons (Fsp3) is 0.280. The zero-order valence-corrected chi connectivity index (χ0v) is 16.5. The first-order valence-electron chi connectivity index (χ1n) is 9.80. The summed E-state index contributed by atoms with van der Waals surface area (Å²) >= 11 is 0. The van der Waals surface area contributed by atoms with Crippen molar-refractivity contribution in [2.75, 3.05) is 0 Å². The van der Waals surface area contributed by atoms with Crippen LogP contribution in [0.4, 0.5) is 0 Å². The number of benzene rings is 3. The molecule has 0 radical (unpaired) electrons. The molecule has 0 spiro atoms. The molecule has 0 aliphatic carbocycles. The molecule has 0 aliphatic rings. The summed E-state index contributed by atoms with van der Waals surface area (Å²) in [6.07, 6.45) is 2.81. The second kappa shape index (κ2) is 7.11. The Balaban J connectivity index is 2.04. The van der Waals surface area contributed by atoms with E-state index in [9.17, 15) is 0 Å². The molecule has 2 nitrogen and oxygen atoms in total. The maximum absolute atomic E-state index is 4.72. The topological polar surface area (TPSA) is 25.8 Å². The monoisotopic (exact) mass is 354 g/mol. The van der Waals surface area contributed by atoms with Gasteiger partial charge >= 0.3 is 0 Å². The van der Waals surface area contributed by atoms with Crippen molar-refractivity contribution in [3.63, 3.8) is 0 Å². The Morgan fingerprint density at radius 2 is 1.63 bits per heavy atom. The molecule has 2 heteroatoms. The molecule has 0 fully saturated rings. The van der Waals surface area contributed by atoms with E-state index in [4.69, 9.17) is 4.98 Å². The summed E-state index contributed by atoms with van der Waals surface area (Å²) in [7, 11) is 0. The summed E-state index contributed by atoms with van der Waals surface area (Å²) in [6, 6.07) is 19.5. The first kappa shape index (κ1) is 17.7. The Hall–Kier alpha value is -2.74. The minimum atomic E-state index is 0.445. The Bertz CT molecular complexity index is 1100. The number of fused-ring (bicyclic) bond motifs is 3. The van der Waals surface area contributed by atoms with Crippen LogP contribution >= 0.6 is 0 Å². The van der Waals surface area contributed by atoms with Crippen molar-refractivity contribution in [2.24, 2.45) is 5.92 Å². The Morgan fingerprint density at radius 1 is 0.852 bits per heavy atom. The molecule has 136 valence electrons. The van der Waals surface area contributed by atoms with Gasteiger partial charge in [-0.25, -0.2) is 9.97 Å². The third kappa shape index (κ3) is 3.32. The second-order valence-electron chi connectivity index (χ2n) is 8.09. The molecule has 1 heterocycles. The van der Waals surface area contributed by atoms with Gasteiger partial charge in [-0.3, -0.25) is 0 Å². The van der Waals surface area contributed by atoms with Crippen LogP contribution in [0, 0.1) is 5.92 Å². The first-order chi connectivity index (χ1) is 13.0. The van der Waals surface area contributed by atoms with Crippen molar-refractivity contribution in [1.29, 1.82) is 0 Å². The SMILES string of the molecule is CC(C)Cc1cc(C(C)C)c2c(ccc3c(-c4ccccc4)ncnc32)c1. The van der Waals surface area contributed by atoms with Gasteiger partial charge in [0.25, 0.3) is 0 Å². The lowest BCUT2D eigenvalue weighted by atomic mass is 9.89. The van der Waals surface area contributed by atoms with Gasteiger partial charge in [-0.2, -0.15) is 0 Å². The normalized spacial score (nSPS) is 11.8. The van der Waals surface area contributed by atoms with E-state index in [0.717, 1.165) is 28.6 Å². The third-order valence-electron chi connectivity index (χ3n) is 5.12. The van der Waals surface area contributed by atoms with Crippen LogP contribution < -0.4 is 0 Å². The molecule has 0 aliphatic heterocycles. The number of hydrogen-bond acceptors (Lipinski definition) is 2. The summed E-state index contributed by atoms with van der Waals surface area (Å²) in [4.78, 5) is 9.32. The Kier molecular flexibility index (Phi) is 4.65. The van der Waals surface area contributed by atoms with Gasteiger partial charge < -0.3 is 0 Å². The first-order valence-corrected chi connectivity index (χ1v) is 9.80. The number of aromatic nitrogens is 2. The van der Waals surface area contributed by atoms with Gasteiger partial charge in [0.05, 0.1) is 11.2 Å². The molecule has 3 aromatic carbocycles. The Labute approximate surface area is 161 Å². The van der Waals surface area contributed by atoms with Crippen LogP contribution in [0.3, 0.4) is 0 Å². The van der Waals surface area contributed by atoms with Crippen LogP contribution in [0.15, 0.2) is 60.9 Å². The molecule has 27 heavy (non-hydrogen) atoms. The predicted octanol–water partition coefficient (Wildman–Crippen LogP) is 6.77. The van der Waals surface area contributed by atoms with E-state index in [-0.39, 0.29) is 0 Å². The van der Waals surface area contributed by atoms with Gasteiger partial charge in [0.2, 0.25) is 0 Å². The highest BCUT2D eigenvalue weighted by Crippen LogP contribution is 2.35. The summed E-state index contributed by atoms with van der Waals surface area (Å²) in [5.74, 6) is 1.09. The number of hydrogen-bond donors (Lipinski definition) is 0. The highest BCUT2D eigenvalue weighted by Gasteiger charge is 2.15. The van der Waals surface area contributed by atoms with Gasteiger partial charge in [-0.15, -0.1) is 0 Å². The molecule has 0 saturated heterocycles. The molecule has 4 rings (SSSR count). The van der Waals surface area contributed by atoms with Crippen molar-refractivity contribution in [1.82, 2.24) is 9.97 Å². The summed E-state index contributed by atoms with van der Waals surface area (Å²) in [5.41, 5.74) is 5.99. The lowest BCUT2D eigenvalue weighted by molar-refractivity contribution is 0.647. The van der Waals surface area contributed by atoms with E-state index in [0.29, 0.717) is 11.8 Å². The summed E-state index contributed by atoms with van der Waals surface area (Å²) in [5, 5.41) is 3.67. The summed E-state index contributed by atoms with van der Waals surface area (Å²) in [6.45, 7) is 9.09. The molecular formula is C25H26N2. The standard InChI is InChI=1S/C25H26N2/c1-16(2)12-18-13-20-10-11-21-24(19-8-6-5-7-9-19)26-15-27-25(21)23(20)22(14-18)17(3)4/h5-11,13-17H,12H2,1-4H3. The highest BCUT2D eigenvalue weighted by atomic mass is 14.8. The van der Waals surface area contributed by atoms with Crippen molar-refractivity contribution < 1.29 is 0 Å². The predicted molar refractivity (Wildman–Crippen MR) is 115 cm³/mol. The largest absolute Gasteiger partial charge is 0.236 e. The lowest BCUT2D eigenvalue weighted by Gasteiger charge is -2.16. The second-order valence-corrected chi connectivity index (χ2v) is 8.09. The van der Waals surface area contributed by atoms with Crippen LogP contribution in [0.1, 0.15) is 44.7 Å². The smallest absolute Gasteiger partial charge is 0.116 e. The van der Waals surface area contributed by atoms with Gasteiger partial charge in [0.1, 0.15) is 6.33 Å². The average Bonchev–Trinajstić information content (AvgIpc) is 2.66. The molecule has 0 atom stereocenters.